The van der Waals surface area contributed by atoms with Gasteiger partial charge in [-0.1, -0.05) is 35.9 Å². The standard InChI is InChI=1S/C18H23ClN4O/c1-13-6-4-5-7-15(13)12-22-8-9-23(14(2)11-22)16-10-20-21(3)18(24)17(16)19/h4-7,10,14H,8-9,11-12H2,1-3H3/t14-/m1/s1. The minimum absolute atomic E-state index is 0.247. The number of nitrogens with zero attached hydrogens (tertiary/aromatic N) is 4. The summed E-state index contributed by atoms with van der Waals surface area (Å²) in [5.74, 6) is 0. The normalized spacial score (nSPS) is 18.8. The van der Waals surface area contributed by atoms with E-state index in [0.717, 1.165) is 31.9 Å². The lowest BCUT2D eigenvalue weighted by atomic mass is 10.1. The Morgan fingerprint density at radius 3 is 2.75 bits per heavy atom. The van der Waals surface area contributed by atoms with Gasteiger partial charge in [0.25, 0.3) is 5.56 Å². The van der Waals surface area contributed by atoms with Gasteiger partial charge in [0.15, 0.2) is 0 Å². The van der Waals surface area contributed by atoms with Crippen molar-refractivity contribution in [2.75, 3.05) is 24.5 Å². The smallest absolute Gasteiger partial charge is 0.287 e. The van der Waals surface area contributed by atoms with Crippen molar-refractivity contribution >= 4 is 17.3 Å². The zero-order chi connectivity index (χ0) is 17.3. The summed E-state index contributed by atoms with van der Waals surface area (Å²) in [7, 11) is 1.61. The molecule has 1 aliphatic heterocycles. The lowest BCUT2D eigenvalue weighted by Crippen LogP contribution is -2.52. The summed E-state index contributed by atoms with van der Waals surface area (Å²) in [6.07, 6.45) is 1.69. The monoisotopic (exact) mass is 346 g/mol. The summed E-state index contributed by atoms with van der Waals surface area (Å²) in [5, 5.41) is 4.37. The highest BCUT2D eigenvalue weighted by Gasteiger charge is 2.26. The molecule has 2 heterocycles. The van der Waals surface area contributed by atoms with Gasteiger partial charge in [-0.2, -0.15) is 5.10 Å². The van der Waals surface area contributed by atoms with E-state index in [-0.39, 0.29) is 16.6 Å². The highest BCUT2D eigenvalue weighted by atomic mass is 35.5. The van der Waals surface area contributed by atoms with Crippen LogP contribution in [0.1, 0.15) is 18.1 Å². The third-order valence-electron chi connectivity index (χ3n) is 4.74. The number of halogens is 1. The van der Waals surface area contributed by atoms with Crippen molar-refractivity contribution in [1.29, 1.82) is 0 Å². The Morgan fingerprint density at radius 2 is 2.04 bits per heavy atom. The summed E-state index contributed by atoms with van der Waals surface area (Å²) < 4.78 is 1.27. The van der Waals surface area contributed by atoms with Gasteiger partial charge in [-0.05, 0) is 25.0 Å². The van der Waals surface area contributed by atoms with Crippen molar-refractivity contribution in [1.82, 2.24) is 14.7 Å². The van der Waals surface area contributed by atoms with Crippen LogP contribution >= 0.6 is 11.6 Å². The maximum Gasteiger partial charge on any atom is 0.287 e. The van der Waals surface area contributed by atoms with Crippen LogP contribution in [-0.4, -0.2) is 40.4 Å². The number of rotatable bonds is 3. The van der Waals surface area contributed by atoms with Gasteiger partial charge in [-0.15, -0.1) is 0 Å². The third-order valence-corrected chi connectivity index (χ3v) is 5.09. The molecule has 24 heavy (non-hydrogen) atoms. The summed E-state index contributed by atoms with van der Waals surface area (Å²) >= 11 is 6.26. The Labute approximate surface area is 147 Å². The van der Waals surface area contributed by atoms with E-state index in [2.05, 4.69) is 53.0 Å². The van der Waals surface area contributed by atoms with E-state index in [1.807, 2.05) is 0 Å². The Morgan fingerprint density at radius 1 is 1.29 bits per heavy atom. The van der Waals surface area contributed by atoms with Crippen LogP contribution in [0.25, 0.3) is 0 Å². The van der Waals surface area contributed by atoms with Gasteiger partial charge in [0.05, 0.1) is 11.9 Å². The van der Waals surface area contributed by atoms with E-state index < -0.39 is 0 Å². The SMILES string of the molecule is Cc1ccccc1CN1CCN(c2cnn(C)c(=O)c2Cl)[C@H](C)C1. The molecule has 0 bridgehead atoms. The second-order valence-electron chi connectivity index (χ2n) is 6.48. The molecular formula is C18H23ClN4O. The summed E-state index contributed by atoms with van der Waals surface area (Å²) in [4.78, 5) is 16.6. The molecule has 1 saturated heterocycles. The van der Waals surface area contributed by atoms with Gasteiger partial charge in [0.1, 0.15) is 5.02 Å². The van der Waals surface area contributed by atoms with Gasteiger partial charge < -0.3 is 4.90 Å². The maximum atomic E-state index is 12.0. The number of hydrogen-bond donors (Lipinski definition) is 0. The largest absolute Gasteiger partial charge is 0.364 e. The van der Waals surface area contributed by atoms with E-state index in [0.29, 0.717) is 0 Å². The first-order chi connectivity index (χ1) is 11.5. The molecule has 0 unspecified atom stereocenters. The van der Waals surface area contributed by atoms with E-state index in [9.17, 15) is 4.79 Å². The first-order valence-corrected chi connectivity index (χ1v) is 8.60. The molecule has 0 radical (unpaired) electrons. The number of aryl methyl sites for hydroxylation is 2. The Balaban J connectivity index is 1.73. The first-order valence-electron chi connectivity index (χ1n) is 8.22. The molecule has 6 heteroatoms. The summed E-state index contributed by atoms with van der Waals surface area (Å²) in [5.41, 5.74) is 3.18. The second kappa shape index (κ2) is 6.95. The average molecular weight is 347 g/mol. The molecule has 1 atom stereocenters. The van der Waals surface area contributed by atoms with E-state index in [1.165, 1.54) is 15.8 Å². The Kier molecular flexibility index (Phi) is 4.92. The van der Waals surface area contributed by atoms with E-state index in [1.54, 1.807) is 13.2 Å². The summed E-state index contributed by atoms with van der Waals surface area (Å²) in [6, 6.07) is 8.78. The minimum Gasteiger partial charge on any atom is -0.364 e. The fourth-order valence-electron chi connectivity index (χ4n) is 3.27. The quantitative estimate of drug-likeness (QED) is 0.856. The number of benzene rings is 1. The van der Waals surface area contributed by atoms with Crippen LogP contribution in [0.3, 0.4) is 0 Å². The highest BCUT2D eigenvalue weighted by molar-refractivity contribution is 6.33. The van der Waals surface area contributed by atoms with Crippen molar-refractivity contribution in [2.24, 2.45) is 7.05 Å². The molecule has 5 nitrogen and oxygen atoms in total. The average Bonchev–Trinajstić information content (AvgIpc) is 2.56. The van der Waals surface area contributed by atoms with Crippen LogP contribution in [0, 0.1) is 6.92 Å². The van der Waals surface area contributed by atoms with Gasteiger partial charge in [0.2, 0.25) is 0 Å². The predicted molar refractivity (Wildman–Crippen MR) is 97.8 cm³/mol. The number of piperazine rings is 1. The van der Waals surface area contributed by atoms with Crippen LogP contribution in [0.15, 0.2) is 35.3 Å². The third kappa shape index (κ3) is 3.32. The lowest BCUT2D eigenvalue weighted by molar-refractivity contribution is 0.220. The van der Waals surface area contributed by atoms with Crippen LogP contribution in [0.5, 0.6) is 0 Å². The van der Waals surface area contributed by atoms with Crippen molar-refractivity contribution < 1.29 is 0 Å². The topological polar surface area (TPSA) is 41.4 Å². The first kappa shape index (κ1) is 17.0. The van der Waals surface area contributed by atoms with E-state index >= 15 is 0 Å². The molecule has 128 valence electrons. The molecule has 1 aliphatic rings. The maximum absolute atomic E-state index is 12.0. The fourth-order valence-corrected chi connectivity index (χ4v) is 3.54. The van der Waals surface area contributed by atoms with Crippen molar-refractivity contribution in [3.8, 4) is 0 Å². The zero-order valence-electron chi connectivity index (χ0n) is 14.4. The lowest BCUT2D eigenvalue weighted by Gasteiger charge is -2.41. The summed E-state index contributed by atoms with van der Waals surface area (Å²) in [6.45, 7) is 7.97. The zero-order valence-corrected chi connectivity index (χ0v) is 15.1. The molecule has 1 fully saturated rings. The Hall–Kier alpha value is -1.85. The molecule has 0 N–H and O–H groups in total. The molecule has 1 aromatic heterocycles. The minimum atomic E-state index is -0.247. The van der Waals surface area contributed by atoms with Gasteiger partial charge >= 0.3 is 0 Å². The Bertz CT molecular complexity index is 789. The van der Waals surface area contributed by atoms with Gasteiger partial charge in [0, 0.05) is 39.3 Å². The van der Waals surface area contributed by atoms with Crippen molar-refractivity contribution in [2.45, 2.75) is 26.4 Å². The molecule has 3 rings (SSSR count). The van der Waals surface area contributed by atoms with Crippen LogP contribution in [0.2, 0.25) is 5.02 Å². The van der Waals surface area contributed by atoms with Gasteiger partial charge in [-0.3, -0.25) is 9.69 Å². The molecule has 0 amide bonds. The fraction of sp³-hybridized carbons (Fsp3) is 0.444. The molecule has 1 aromatic carbocycles. The van der Waals surface area contributed by atoms with Crippen molar-refractivity contribution in [3.05, 3.63) is 57.0 Å². The van der Waals surface area contributed by atoms with Crippen LogP contribution < -0.4 is 10.5 Å². The van der Waals surface area contributed by atoms with Crippen LogP contribution in [-0.2, 0) is 13.6 Å². The highest BCUT2D eigenvalue weighted by Crippen LogP contribution is 2.26. The molecule has 2 aromatic rings. The molecular weight excluding hydrogens is 324 g/mol. The second-order valence-corrected chi connectivity index (χ2v) is 6.85. The molecule has 0 saturated carbocycles. The van der Waals surface area contributed by atoms with Crippen molar-refractivity contribution in [3.63, 3.8) is 0 Å². The van der Waals surface area contributed by atoms with Gasteiger partial charge in [-0.25, -0.2) is 4.68 Å². The number of anilines is 1. The predicted octanol–water partition coefficient (Wildman–Crippen LogP) is 2.45. The molecule has 0 spiro atoms. The molecule has 0 aliphatic carbocycles. The number of hydrogen-bond acceptors (Lipinski definition) is 4. The number of aromatic nitrogens is 2. The van der Waals surface area contributed by atoms with Crippen LogP contribution in [0.4, 0.5) is 5.69 Å². The van der Waals surface area contributed by atoms with E-state index in [4.69, 9.17) is 11.6 Å².